The highest BCUT2D eigenvalue weighted by molar-refractivity contribution is 7.98. The van der Waals surface area contributed by atoms with Crippen LogP contribution in [0.5, 0.6) is 0 Å². The molecule has 18 heavy (non-hydrogen) atoms. The summed E-state index contributed by atoms with van der Waals surface area (Å²) in [4.78, 5) is 15.7. The Morgan fingerprint density at radius 3 is 2.83 bits per heavy atom. The Balaban J connectivity index is 2.23. The molecule has 0 radical (unpaired) electrons. The van der Waals surface area contributed by atoms with Gasteiger partial charge in [-0.15, -0.1) is 11.8 Å². The van der Waals surface area contributed by atoms with Crippen LogP contribution in [0.25, 0.3) is 0 Å². The number of thioether (sulfide) groups is 1. The van der Waals surface area contributed by atoms with Crippen molar-refractivity contribution >= 4 is 23.5 Å². The first-order valence-corrected chi connectivity index (χ1v) is 6.22. The molecule has 2 heterocycles. The van der Waals surface area contributed by atoms with E-state index in [-0.39, 0.29) is 5.91 Å². The van der Waals surface area contributed by atoms with Crippen molar-refractivity contribution in [3.63, 3.8) is 0 Å². The van der Waals surface area contributed by atoms with Gasteiger partial charge in [-0.05, 0) is 18.4 Å². The molecule has 0 spiro atoms. The van der Waals surface area contributed by atoms with E-state index in [1.54, 1.807) is 12.1 Å². The summed E-state index contributed by atoms with van der Waals surface area (Å²) >= 11 is 1.34. The monoisotopic (exact) mass is 259 g/mol. The molecule has 0 aliphatic carbocycles. The summed E-state index contributed by atoms with van der Waals surface area (Å²) in [6.07, 6.45) is 4.87. The van der Waals surface area contributed by atoms with Gasteiger partial charge in [-0.2, -0.15) is 10.4 Å². The highest BCUT2D eigenvalue weighted by atomic mass is 32.2. The number of anilines is 1. The number of carbonyl (C=O) groups is 1. The van der Waals surface area contributed by atoms with Gasteiger partial charge in [0.1, 0.15) is 22.5 Å². The summed E-state index contributed by atoms with van der Waals surface area (Å²) < 4.78 is 0. The molecule has 90 valence electrons. The molecule has 2 rings (SSSR count). The average molecular weight is 259 g/mol. The van der Waals surface area contributed by atoms with Crippen molar-refractivity contribution < 1.29 is 4.79 Å². The molecule has 7 heteroatoms. The van der Waals surface area contributed by atoms with E-state index in [0.29, 0.717) is 22.0 Å². The van der Waals surface area contributed by atoms with Crippen LogP contribution in [0.15, 0.2) is 29.6 Å². The maximum absolute atomic E-state index is 11.9. The largest absolute Gasteiger partial charge is 0.306 e. The number of pyridine rings is 1. The van der Waals surface area contributed by atoms with E-state index >= 15 is 0 Å². The van der Waals surface area contributed by atoms with Crippen molar-refractivity contribution in [2.75, 3.05) is 11.6 Å². The van der Waals surface area contributed by atoms with Crippen LogP contribution < -0.4 is 5.32 Å². The number of rotatable bonds is 3. The molecule has 0 saturated carbocycles. The standard InChI is InChI=1S/C11H9N5OS/c1-18-11-8(6-12)9(15-16-11)14-10(17)7-2-4-13-5-3-7/h2-5H,1H3,(H2,14,15,16,17). The molecule has 0 bridgehead atoms. The van der Waals surface area contributed by atoms with Crippen LogP contribution in [-0.2, 0) is 0 Å². The van der Waals surface area contributed by atoms with Crippen LogP contribution in [0.2, 0.25) is 0 Å². The number of aromatic amines is 1. The number of hydrogen-bond donors (Lipinski definition) is 2. The first-order chi connectivity index (χ1) is 8.76. The maximum atomic E-state index is 11.9. The van der Waals surface area contributed by atoms with Crippen LogP contribution in [0, 0.1) is 11.3 Å². The zero-order valence-corrected chi connectivity index (χ0v) is 10.3. The SMILES string of the molecule is CSc1n[nH]c(NC(=O)c2ccncc2)c1C#N. The van der Waals surface area contributed by atoms with Gasteiger partial charge >= 0.3 is 0 Å². The van der Waals surface area contributed by atoms with Crippen molar-refractivity contribution in [2.24, 2.45) is 0 Å². The summed E-state index contributed by atoms with van der Waals surface area (Å²) in [5.74, 6) is -0.00568. The summed E-state index contributed by atoms with van der Waals surface area (Å²) in [6, 6.07) is 5.19. The minimum atomic E-state index is -0.315. The lowest BCUT2D eigenvalue weighted by atomic mass is 10.2. The summed E-state index contributed by atoms with van der Waals surface area (Å²) in [7, 11) is 0. The first kappa shape index (κ1) is 12.1. The Morgan fingerprint density at radius 1 is 1.50 bits per heavy atom. The number of H-pyrrole nitrogens is 1. The molecule has 0 fully saturated rings. The second-order valence-corrected chi connectivity index (χ2v) is 4.08. The van der Waals surface area contributed by atoms with E-state index in [0.717, 1.165) is 0 Å². The Morgan fingerprint density at radius 2 is 2.22 bits per heavy atom. The second-order valence-electron chi connectivity index (χ2n) is 3.28. The third kappa shape index (κ3) is 2.33. The molecule has 0 atom stereocenters. The van der Waals surface area contributed by atoms with Gasteiger partial charge < -0.3 is 5.32 Å². The minimum absolute atomic E-state index is 0.309. The summed E-state index contributed by atoms with van der Waals surface area (Å²) in [5.41, 5.74) is 0.805. The van der Waals surface area contributed by atoms with Crippen LogP contribution in [0.4, 0.5) is 5.82 Å². The fraction of sp³-hybridized carbons (Fsp3) is 0.0909. The Bertz CT molecular complexity index is 602. The molecular weight excluding hydrogens is 250 g/mol. The van der Waals surface area contributed by atoms with Crippen LogP contribution in [-0.4, -0.2) is 27.3 Å². The van der Waals surface area contributed by atoms with Gasteiger partial charge in [0.15, 0.2) is 0 Å². The molecule has 0 aliphatic heterocycles. The number of amides is 1. The van der Waals surface area contributed by atoms with Crippen molar-refractivity contribution in [1.82, 2.24) is 15.2 Å². The zero-order valence-electron chi connectivity index (χ0n) is 9.47. The fourth-order valence-electron chi connectivity index (χ4n) is 1.36. The maximum Gasteiger partial charge on any atom is 0.256 e. The Labute approximate surface area is 107 Å². The van der Waals surface area contributed by atoms with Crippen LogP contribution in [0.3, 0.4) is 0 Å². The number of nitriles is 1. The lowest BCUT2D eigenvalue weighted by molar-refractivity contribution is 0.102. The predicted molar refractivity (Wildman–Crippen MR) is 67.3 cm³/mol. The van der Waals surface area contributed by atoms with Gasteiger partial charge in [0.25, 0.3) is 5.91 Å². The molecule has 0 aliphatic rings. The first-order valence-electron chi connectivity index (χ1n) is 5.00. The number of carbonyl (C=O) groups excluding carboxylic acids is 1. The lowest BCUT2D eigenvalue weighted by Gasteiger charge is -2.02. The van der Waals surface area contributed by atoms with E-state index in [9.17, 15) is 4.79 Å². The summed E-state index contributed by atoms with van der Waals surface area (Å²) in [6.45, 7) is 0. The molecule has 1 amide bonds. The van der Waals surface area contributed by atoms with Crippen LogP contribution >= 0.6 is 11.8 Å². The van der Waals surface area contributed by atoms with Crippen molar-refractivity contribution in [3.05, 3.63) is 35.7 Å². The molecule has 2 aromatic heterocycles. The number of aromatic nitrogens is 3. The lowest BCUT2D eigenvalue weighted by Crippen LogP contribution is -2.13. The van der Waals surface area contributed by atoms with E-state index < -0.39 is 0 Å². The Hall–Kier alpha value is -2.33. The highest BCUT2D eigenvalue weighted by Crippen LogP contribution is 2.23. The minimum Gasteiger partial charge on any atom is -0.306 e. The van der Waals surface area contributed by atoms with E-state index in [2.05, 4.69) is 20.5 Å². The van der Waals surface area contributed by atoms with Gasteiger partial charge in [0.05, 0.1) is 0 Å². The van der Waals surface area contributed by atoms with E-state index in [4.69, 9.17) is 5.26 Å². The van der Waals surface area contributed by atoms with Gasteiger partial charge in [-0.3, -0.25) is 14.9 Å². The average Bonchev–Trinajstić information content (AvgIpc) is 2.81. The Kier molecular flexibility index (Phi) is 3.60. The number of nitrogens with zero attached hydrogens (tertiary/aromatic N) is 3. The zero-order chi connectivity index (χ0) is 13.0. The van der Waals surface area contributed by atoms with Gasteiger partial charge in [0, 0.05) is 18.0 Å². The molecule has 2 aromatic rings. The molecular formula is C11H9N5OS. The molecule has 6 nitrogen and oxygen atoms in total. The third-order valence-electron chi connectivity index (χ3n) is 2.22. The van der Waals surface area contributed by atoms with Crippen LogP contribution in [0.1, 0.15) is 15.9 Å². The van der Waals surface area contributed by atoms with Gasteiger partial charge in [0.2, 0.25) is 0 Å². The summed E-state index contributed by atoms with van der Waals surface area (Å²) in [5, 5.41) is 18.8. The third-order valence-corrected chi connectivity index (χ3v) is 2.90. The molecule has 0 unspecified atom stereocenters. The van der Waals surface area contributed by atoms with E-state index in [1.807, 2.05) is 12.3 Å². The van der Waals surface area contributed by atoms with E-state index in [1.165, 1.54) is 24.2 Å². The molecule has 0 saturated heterocycles. The van der Waals surface area contributed by atoms with Crippen molar-refractivity contribution in [3.8, 4) is 6.07 Å². The quantitative estimate of drug-likeness (QED) is 0.817. The fourth-order valence-corrected chi connectivity index (χ4v) is 1.85. The second kappa shape index (κ2) is 5.33. The number of hydrogen-bond acceptors (Lipinski definition) is 5. The van der Waals surface area contributed by atoms with Gasteiger partial charge in [-0.25, -0.2) is 0 Å². The predicted octanol–water partition coefficient (Wildman–Crippen LogP) is 1.65. The highest BCUT2D eigenvalue weighted by Gasteiger charge is 2.15. The number of nitrogens with one attached hydrogen (secondary N) is 2. The molecule has 0 aromatic carbocycles. The topological polar surface area (TPSA) is 94.5 Å². The van der Waals surface area contributed by atoms with Crippen molar-refractivity contribution in [2.45, 2.75) is 5.03 Å². The van der Waals surface area contributed by atoms with Gasteiger partial charge in [-0.1, -0.05) is 0 Å². The molecule has 2 N–H and O–H groups in total. The normalized spacial score (nSPS) is 9.78. The smallest absolute Gasteiger partial charge is 0.256 e. The van der Waals surface area contributed by atoms with Crippen molar-refractivity contribution in [1.29, 1.82) is 5.26 Å².